The summed E-state index contributed by atoms with van der Waals surface area (Å²) < 4.78 is 0. The fraction of sp³-hybridized carbons (Fsp3) is 0.500. The van der Waals surface area contributed by atoms with Crippen LogP contribution < -0.4 is 0 Å². The van der Waals surface area contributed by atoms with Crippen molar-refractivity contribution in [2.24, 2.45) is 5.92 Å². The maximum atomic E-state index is 12.6. The first-order valence-electron chi connectivity index (χ1n) is 7.57. The molecular weight excluding hydrogens is 262 g/mol. The molecule has 1 fully saturated rings. The van der Waals surface area contributed by atoms with Gasteiger partial charge in [-0.3, -0.25) is 4.79 Å². The number of aliphatic hydroxyl groups is 1. The van der Waals surface area contributed by atoms with Crippen molar-refractivity contribution >= 4 is 5.91 Å². The van der Waals surface area contributed by atoms with Gasteiger partial charge in [0.15, 0.2) is 0 Å². The zero-order chi connectivity index (χ0) is 15.2. The van der Waals surface area contributed by atoms with Crippen LogP contribution in [0, 0.1) is 24.7 Å². The van der Waals surface area contributed by atoms with Crippen LogP contribution in [0.2, 0.25) is 0 Å². The molecule has 0 aromatic heterocycles. The summed E-state index contributed by atoms with van der Waals surface area (Å²) in [5.74, 6) is 6.60. The molecule has 1 saturated carbocycles. The van der Waals surface area contributed by atoms with Crippen molar-refractivity contribution in [3.8, 4) is 11.8 Å². The number of nitrogens with zero attached hydrogens (tertiary/aromatic N) is 1. The third-order valence-corrected chi connectivity index (χ3v) is 3.97. The van der Waals surface area contributed by atoms with Crippen molar-refractivity contribution in [1.82, 2.24) is 4.90 Å². The molecule has 0 heterocycles. The summed E-state index contributed by atoms with van der Waals surface area (Å²) in [5.41, 5.74) is 2.48. The predicted molar refractivity (Wildman–Crippen MR) is 84.1 cm³/mol. The Labute approximate surface area is 127 Å². The van der Waals surface area contributed by atoms with Gasteiger partial charge in [-0.05, 0) is 37.8 Å². The first-order valence-corrected chi connectivity index (χ1v) is 7.57. The fourth-order valence-electron chi connectivity index (χ4n) is 2.51. The van der Waals surface area contributed by atoms with Gasteiger partial charge in [0.2, 0.25) is 0 Å². The summed E-state index contributed by atoms with van der Waals surface area (Å²) in [5, 5.41) is 8.81. The lowest BCUT2D eigenvalue weighted by Gasteiger charge is -2.30. The highest BCUT2D eigenvalue weighted by Gasteiger charge is 2.23. The smallest absolute Gasteiger partial charge is 0.254 e. The van der Waals surface area contributed by atoms with E-state index >= 15 is 0 Å². The molecule has 1 aliphatic carbocycles. The van der Waals surface area contributed by atoms with Crippen molar-refractivity contribution < 1.29 is 9.90 Å². The molecule has 1 aliphatic rings. The number of hydrogen-bond donors (Lipinski definition) is 1. The Balaban J connectivity index is 2.17. The highest BCUT2D eigenvalue weighted by atomic mass is 16.2. The average molecular weight is 285 g/mol. The number of aliphatic hydroxyl groups excluding tert-OH is 1. The van der Waals surface area contributed by atoms with E-state index in [0.29, 0.717) is 17.9 Å². The minimum atomic E-state index is 0.0406. The van der Waals surface area contributed by atoms with E-state index in [2.05, 4.69) is 11.8 Å². The normalized spacial score (nSPS) is 14.0. The van der Waals surface area contributed by atoms with Gasteiger partial charge >= 0.3 is 0 Å². The number of benzene rings is 1. The Morgan fingerprint density at radius 1 is 1.43 bits per heavy atom. The average Bonchev–Trinajstić information content (AvgIpc) is 2.43. The van der Waals surface area contributed by atoms with Gasteiger partial charge in [0.25, 0.3) is 5.91 Å². The van der Waals surface area contributed by atoms with Crippen LogP contribution >= 0.6 is 0 Å². The topological polar surface area (TPSA) is 40.5 Å². The van der Waals surface area contributed by atoms with Gasteiger partial charge in [-0.25, -0.2) is 0 Å². The second kappa shape index (κ2) is 7.28. The second-order valence-electron chi connectivity index (χ2n) is 5.81. The quantitative estimate of drug-likeness (QED) is 0.864. The summed E-state index contributed by atoms with van der Waals surface area (Å²) in [7, 11) is 1.87. The number of hydrogen-bond acceptors (Lipinski definition) is 2. The predicted octanol–water partition coefficient (Wildman–Crippen LogP) is 2.60. The molecule has 0 bridgehead atoms. The van der Waals surface area contributed by atoms with Crippen LogP contribution in [0.15, 0.2) is 18.2 Å². The van der Waals surface area contributed by atoms with Crippen LogP contribution in [0.4, 0.5) is 0 Å². The molecule has 21 heavy (non-hydrogen) atoms. The molecule has 2 rings (SSSR count). The fourth-order valence-corrected chi connectivity index (χ4v) is 2.51. The summed E-state index contributed by atoms with van der Waals surface area (Å²) >= 11 is 0. The maximum absolute atomic E-state index is 12.6. The van der Waals surface area contributed by atoms with E-state index in [1.165, 1.54) is 19.3 Å². The standard InChI is InChI=1S/C18H23NO2/c1-14-9-10-16(8-3-4-11-20)17(12-14)18(21)19(2)13-15-6-5-7-15/h9-10,12,15,20H,4-7,11,13H2,1-2H3. The van der Waals surface area contributed by atoms with Crippen LogP contribution in [0.3, 0.4) is 0 Å². The summed E-state index contributed by atoms with van der Waals surface area (Å²) in [4.78, 5) is 14.4. The lowest BCUT2D eigenvalue weighted by atomic mass is 9.85. The number of amides is 1. The second-order valence-corrected chi connectivity index (χ2v) is 5.81. The largest absolute Gasteiger partial charge is 0.395 e. The van der Waals surface area contributed by atoms with E-state index in [0.717, 1.165) is 17.7 Å². The zero-order valence-electron chi connectivity index (χ0n) is 12.9. The highest BCUT2D eigenvalue weighted by Crippen LogP contribution is 2.27. The Morgan fingerprint density at radius 2 is 2.19 bits per heavy atom. The van der Waals surface area contributed by atoms with Crippen LogP contribution in [-0.2, 0) is 0 Å². The van der Waals surface area contributed by atoms with Crippen LogP contribution in [0.25, 0.3) is 0 Å². The van der Waals surface area contributed by atoms with Crippen molar-refractivity contribution in [3.63, 3.8) is 0 Å². The van der Waals surface area contributed by atoms with E-state index in [9.17, 15) is 4.79 Å². The van der Waals surface area contributed by atoms with Crippen molar-refractivity contribution in [1.29, 1.82) is 0 Å². The Hall–Kier alpha value is -1.79. The van der Waals surface area contributed by atoms with Gasteiger partial charge in [0, 0.05) is 25.6 Å². The molecule has 0 spiro atoms. The minimum absolute atomic E-state index is 0.0406. The number of rotatable bonds is 4. The van der Waals surface area contributed by atoms with Crippen LogP contribution in [-0.4, -0.2) is 36.1 Å². The monoisotopic (exact) mass is 285 g/mol. The Bertz CT molecular complexity index is 564. The molecule has 1 N–H and O–H groups in total. The van der Waals surface area contributed by atoms with Gasteiger partial charge in [0.1, 0.15) is 0 Å². The van der Waals surface area contributed by atoms with Gasteiger partial charge in [-0.2, -0.15) is 0 Å². The van der Waals surface area contributed by atoms with E-state index in [4.69, 9.17) is 5.11 Å². The molecular formula is C18H23NO2. The van der Waals surface area contributed by atoms with Gasteiger partial charge in [-0.1, -0.05) is 29.9 Å². The lowest BCUT2D eigenvalue weighted by molar-refractivity contribution is 0.0745. The molecule has 112 valence electrons. The van der Waals surface area contributed by atoms with E-state index in [1.807, 2.05) is 37.1 Å². The minimum Gasteiger partial charge on any atom is -0.395 e. The molecule has 1 aromatic rings. The first-order chi connectivity index (χ1) is 10.1. The summed E-state index contributed by atoms with van der Waals surface area (Å²) in [6.45, 7) is 2.85. The van der Waals surface area contributed by atoms with E-state index in [-0.39, 0.29) is 12.5 Å². The maximum Gasteiger partial charge on any atom is 0.254 e. The van der Waals surface area contributed by atoms with Crippen molar-refractivity contribution in [2.75, 3.05) is 20.2 Å². The SMILES string of the molecule is Cc1ccc(C#CCCO)c(C(=O)N(C)CC2CCC2)c1. The Morgan fingerprint density at radius 3 is 2.81 bits per heavy atom. The number of carbonyl (C=O) groups is 1. The van der Waals surface area contributed by atoms with Gasteiger partial charge in [-0.15, -0.1) is 0 Å². The molecule has 0 unspecified atom stereocenters. The van der Waals surface area contributed by atoms with Crippen LogP contribution in [0.5, 0.6) is 0 Å². The van der Waals surface area contributed by atoms with Crippen molar-refractivity contribution in [3.05, 3.63) is 34.9 Å². The highest BCUT2D eigenvalue weighted by molar-refractivity contribution is 5.96. The zero-order valence-corrected chi connectivity index (χ0v) is 12.9. The molecule has 0 atom stereocenters. The molecule has 3 nitrogen and oxygen atoms in total. The number of carbonyl (C=O) groups excluding carboxylic acids is 1. The molecule has 1 aromatic carbocycles. The lowest BCUT2D eigenvalue weighted by Crippen LogP contribution is -2.34. The van der Waals surface area contributed by atoms with E-state index in [1.54, 1.807) is 0 Å². The van der Waals surface area contributed by atoms with Crippen molar-refractivity contribution in [2.45, 2.75) is 32.6 Å². The Kier molecular flexibility index (Phi) is 5.41. The summed E-state index contributed by atoms with van der Waals surface area (Å²) in [6, 6.07) is 5.76. The molecule has 0 saturated heterocycles. The number of aryl methyl sites for hydroxylation is 1. The van der Waals surface area contributed by atoms with Crippen LogP contribution in [0.1, 0.15) is 47.2 Å². The molecule has 3 heteroatoms. The van der Waals surface area contributed by atoms with Gasteiger partial charge < -0.3 is 10.0 Å². The molecule has 0 radical (unpaired) electrons. The third-order valence-electron chi connectivity index (χ3n) is 3.97. The summed E-state index contributed by atoms with van der Waals surface area (Å²) in [6.07, 6.45) is 4.18. The third kappa shape index (κ3) is 4.09. The van der Waals surface area contributed by atoms with Gasteiger partial charge in [0.05, 0.1) is 12.2 Å². The molecule has 1 amide bonds. The molecule has 0 aliphatic heterocycles. The van der Waals surface area contributed by atoms with E-state index < -0.39 is 0 Å². The first kappa shape index (κ1) is 15.6.